The van der Waals surface area contributed by atoms with E-state index in [2.05, 4.69) is 27.9 Å². The van der Waals surface area contributed by atoms with Crippen LogP contribution in [0.3, 0.4) is 0 Å². The number of hydrazine groups is 1. The third-order valence-electron chi connectivity index (χ3n) is 3.29. The molecule has 3 aromatic rings. The Kier molecular flexibility index (Phi) is 4.35. The minimum Gasteiger partial charge on any atom is -0.271 e. The molecule has 5 heteroatoms. The second-order valence-corrected chi connectivity index (χ2v) is 5.64. The van der Waals surface area contributed by atoms with Gasteiger partial charge in [0.15, 0.2) is 0 Å². The molecule has 3 N–H and O–H groups in total. The molecule has 0 fully saturated rings. The Hall–Kier alpha value is -2.08. The third kappa shape index (κ3) is 3.33. The molecule has 0 radical (unpaired) electrons. The molecule has 3 rings (SSSR count). The normalized spacial score (nSPS) is 12.2. The molecule has 1 unspecified atom stereocenters. The first kappa shape index (κ1) is 13.9. The molecule has 2 heterocycles. The average molecular weight is 296 g/mol. The summed E-state index contributed by atoms with van der Waals surface area (Å²) in [5.41, 5.74) is 6.06. The number of rotatable bonds is 5. The molecule has 106 valence electrons. The summed E-state index contributed by atoms with van der Waals surface area (Å²) in [7, 11) is 0. The summed E-state index contributed by atoms with van der Waals surface area (Å²) in [6.45, 7) is 0. The Labute approximate surface area is 127 Å². The number of hydrogen-bond acceptors (Lipinski definition) is 5. The summed E-state index contributed by atoms with van der Waals surface area (Å²) in [4.78, 5) is 8.83. The third-order valence-corrected chi connectivity index (χ3v) is 4.16. The molecule has 4 nitrogen and oxygen atoms in total. The quantitative estimate of drug-likeness (QED) is 0.561. The van der Waals surface area contributed by atoms with Crippen molar-refractivity contribution in [2.75, 3.05) is 0 Å². The molecule has 0 saturated heterocycles. The zero-order chi connectivity index (χ0) is 14.5. The lowest BCUT2D eigenvalue weighted by molar-refractivity contribution is 0.549. The first-order valence-electron chi connectivity index (χ1n) is 6.72. The maximum absolute atomic E-state index is 5.67. The fourth-order valence-electron chi connectivity index (χ4n) is 2.18. The van der Waals surface area contributed by atoms with Gasteiger partial charge in [0.2, 0.25) is 0 Å². The summed E-state index contributed by atoms with van der Waals surface area (Å²) in [6, 6.07) is 14.1. The second-order valence-electron chi connectivity index (χ2n) is 4.70. The topological polar surface area (TPSA) is 63.8 Å². The van der Waals surface area contributed by atoms with Crippen LogP contribution < -0.4 is 11.3 Å². The van der Waals surface area contributed by atoms with E-state index in [9.17, 15) is 0 Å². The molecule has 0 saturated carbocycles. The van der Waals surface area contributed by atoms with E-state index >= 15 is 0 Å². The summed E-state index contributed by atoms with van der Waals surface area (Å²) < 4.78 is 0. The van der Waals surface area contributed by atoms with Gasteiger partial charge < -0.3 is 0 Å². The fourth-order valence-corrected chi connectivity index (χ4v) is 3.03. The summed E-state index contributed by atoms with van der Waals surface area (Å²) in [6.07, 6.45) is 4.34. The fraction of sp³-hybridized carbons (Fsp3) is 0.125. The van der Waals surface area contributed by atoms with E-state index in [1.165, 1.54) is 0 Å². The minimum atomic E-state index is 0.0217. The average Bonchev–Trinajstić information content (AvgIpc) is 3.03. The highest BCUT2D eigenvalue weighted by Gasteiger charge is 2.13. The number of aromatic nitrogens is 2. The number of hydrogen-bond donors (Lipinski definition) is 2. The Bertz CT molecular complexity index is 682. The molecule has 0 aliphatic rings. The van der Waals surface area contributed by atoms with E-state index in [1.54, 1.807) is 17.5 Å². The number of benzene rings is 1. The lowest BCUT2D eigenvalue weighted by atomic mass is 10.1. The maximum Gasteiger partial charge on any atom is 0.0952 e. The zero-order valence-electron chi connectivity index (χ0n) is 11.4. The van der Waals surface area contributed by atoms with Crippen molar-refractivity contribution in [2.45, 2.75) is 12.5 Å². The number of thiazole rings is 1. The summed E-state index contributed by atoms with van der Waals surface area (Å²) in [5.74, 6) is 5.67. The van der Waals surface area contributed by atoms with Crippen molar-refractivity contribution < 1.29 is 0 Å². The van der Waals surface area contributed by atoms with Gasteiger partial charge in [-0.2, -0.15) is 0 Å². The zero-order valence-corrected chi connectivity index (χ0v) is 12.3. The first-order chi connectivity index (χ1) is 10.4. The molecule has 2 aromatic heterocycles. The Morgan fingerprint density at radius 3 is 2.71 bits per heavy atom. The highest BCUT2D eigenvalue weighted by molar-refractivity contribution is 7.09. The van der Waals surface area contributed by atoms with E-state index in [4.69, 9.17) is 10.8 Å². The largest absolute Gasteiger partial charge is 0.271 e. The molecule has 1 atom stereocenters. The molecule has 0 bridgehead atoms. The van der Waals surface area contributed by atoms with Gasteiger partial charge in [-0.1, -0.05) is 36.4 Å². The van der Waals surface area contributed by atoms with Crippen LogP contribution in [-0.4, -0.2) is 9.97 Å². The van der Waals surface area contributed by atoms with Gasteiger partial charge in [0, 0.05) is 29.8 Å². The molecule has 0 aliphatic carbocycles. The standard InChI is InChI=1S/C16H16N4S/c17-20-14(13-7-4-8-18-10-13)9-16-19-15(11-21-16)12-5-2-1-3-6-12/h1-8,10-11,14,20H,9,17H2. The van der Waals surface area contributed by atoms with Crippen LogP contribution in [0.5, 0.6) is 0 Å². The van der Waals surface area contributed by atoms with E-state index < -0.39 is 0 Å². The number of nitrogens with one attached hydrogen (secondary N) is 1. The van der Waals surface area contributed by atoms with Crippen LogP contribution in [0.1, 0.15) is 16.6 Å². The number of nitrogens with two attached hydrogens (primary N) is 1. The highest BCUT2D eigenvalue weighted by Crippen LogP contribution is 2.25. The highest BCUT2D eigenvalue weighted by atomic mass is 32.1. The Balaban J connectivity index is 1.78. The smallest absolute Gasteiger partial charge is 0.0952 e. The monoisotopic (exact) mass is 296 g/mol. The van der Waals surface area contributed by atoms with Crippen molar-refractivity contribution >= 4 is 11.3 Å². The maximum atomic E-state index is 5.67. The first-order valence-corrected chi connectivity index (χ1v) is 7.60. The van der Waals surface area contributed by atoms with Crippen LogP contribution in [0, 0.1) is 0 Å². The van der Waals surface area contributed by atoms with Crippen LogP contribution >= 0.6 is 11.3 Å². The molecule has 0 spiro atoms. The van der Waals surface area contributed by atoms with Crippen molar-refractivity contribution in [1.82, 2.24) is 15.4 Å². The van der Waals surface area contributed by atoms with E-state index in [1.807, 2.05) is 36.5 Å². The van der Waals surface area contributed by atoms with Gasteiger partial charge in [-0.25, -0.2) is 4.98 Å². The van der Waals surface area contributed by atoms with Gasteiger partial charge in [-0.3, -0.25) is 16.3 Å². The minimum absolute atomic E-state index is 0.0217. The molecule has 0 aliphatic heterocycles. The molecule has 21 heavy (non-hydrogen) atoms. The van der Waals surface area contributed by atoms with Gasteiger partial charge in [0.25, 0.3) is 0 Å². The summed E-state index contributed by atoms with van der Waals surface area (Å²) >= 11 is 1.66. The molecule has 1 aromatic carbocycles. The van der Waals surface area contributed by atoms with Crippen LogP contribution in [-0.2, 0) is 6.42 Å². The SMILES string of the molecule is NNC(Cc1nc(-c2ccccc2)cs1)c1cccnc1. The van der Waals surface area contributed by atoms with Gasteiger partial charge in [0.1, 0.15) is 0 Å². The number of pyridine rings is 1. The lowest BCUT2D eigenvalue weighted by Gasteiger charge is -2.14. The van der Waals surface area contributed by atoms with Gasteiger partial charge >= 0.3 is 0 Å². The van der Waals surface area contributed by atoms with Crippen LogP contribution in [0.2, 0.25) is 0 Å². The summed E-state index contributed by atoms with van der Waals surface area (Å²) in [5, 5.41) is 3.14. The van der Waals surface area contributed by atoms with Gasteiger partial charge in [-0.05, 0) is 11.6 Å². The predicted molar refractivity (Wildman–Crippen MR) is 85.6 cm³/mol. The van der Waals surface area contributed by atoms with E-state index in [0.717, 1.165) is 28.2 Å². The van der Waals surface area contributed by atoms with Gasteiger partial charge in [0.05, 0.1) is 16.7 Å². The van der Waals surface area contributed by atoms with Crippen molar-refractivity contribution in [1.29, 1.82) is 0 Å². The number of nitrogens with zero attached hydrogens (tertiary/aromatic N) is 2. The molecular weight excluding hydrogens is 280 g/mol. The van der Waals surface area contributed by atoms with Crippen molar-refractivity contribution in [2.24, 2.45) is 5.84 Å². The van der Waals surface area contributed by atoms with Crippen LogP contribution in [0.15, 0.2) is 60.2 Å². The molecular formula is C16H16N4S. The Morgan fingerprint density at radius 1 is 1.14 bits per heavy atom. The molecule has 0 amide bonds. The van der Waals surface area contributed by atoms with Crippen LogP contribution in [0.25, 0.3) is 11.3 Å². The predicted octanol–water partition coefficient (Wildman–Crippen LogP) is 2.95. The van der Waals surface area contributed by atoms with Crippen molar-refractivity contribution in [3.8, 4) is 11.3 Å². The Morgan fingerprint density at radius 2 is 2.00 bits per heavy atom. The lowest BCUT2D eigenvalue weighted by Crippen LogP contribution is -2.29. The van der Waals surface area contributed by atoms with Crippen LogP contribution in [0.4, 0.5) is 0 Å². The second kappa shape index (κ2) is 6.58. The van der Waals surface area contributed by atoms with E-state index in [0.29, 0.717) is 0 Å². The van der Waals surface area contributed by atoms with Crippen molar-refractivity contribution in [3.05, 3.63) is 70.8 Å². The van der Waals surface area contributed by atoms with E-state index in [-0.39, 0.29) is 6.04 Å². The van der Waals surface area contributed by atoms with Crippen molar-refractivity contribution in [3.63, 3.8) is 0 Å². The van der Waals surface area contributed by atoms with Gasteiger partial charge in [-0.15, -0.1) is 11.3 Å².